The van der Waals surface area contributed by atoms with Crippen molar-refractivity contribution in [3.8, 4) is 23.3 Å². The first-order chi connectivity index (χ1) is 21.0. The summed E-state index contributed by atoms with van der Waals surface area (Å²) in [6.07, 6.45) is 4.50. The van der Waals surface area contributed by atoms with Crippen molar-refractivity contribution in [3.63, 3.8) is 0 Å². The Morgan fingerprint density at radius 1 is 0.907 bits per heavy atom. The van der Waals surface area contributed by atoms with E-state index in [0.29, 0.717) is 33.4 Å². The molecule has 1 aromatic heterocycles. The number of rotatable bonds is 2. The predicted molar refractivity (Wildman–Crippen MR) is 157 cm³/mol. The molecular formula is C34H22N2O6S. The molecule has 4 heterocycles. The predicted octanol–water partition coefficient (Wildman–Crippen LogP) is 5.51. The maximum atomic E-state index is 14.5. The van der Waals surface area contributed by atoms with Crippen LogP contribution in [-0.2, 0) is 27.2 Å². The number of carbonyl (C=O) groups excluding carboxylic acids is 3. The molecule has 0 radical (unpaired) electrons. The van der Waals surface area contributed by atoms with E-state index in [2.05, 4.69) is 6.07 Å². The van der Waals surface area contributed by atoms with E-state index in [1.54, 1.807) is 6.07 Å². The molecule has 0 spiro atoms. The van der Waals surface area contributed by atoms with Crippen LogP contribution in [0.4, 0.5) is 5.00 Å². The molecule has 5 aliphatic rings. The molecule has 43 heavy (non-hydrogen) atoms. The van der Waals surface area contributed by atoms with Crippen molar-refractivity contribution in [2.24, 2.45) is 17.8 Å². The molecule has 0 unspecified atom stereocenters. The van der Waals surface area contributed by atoms with Gasteiger partial charge in [-0.3, -0.25) is 14.4 Å². The molecule has 0 N–H and O–H groups in total. The van der Waals surface area contributed by atoms with E-state index in [-0.39, 0.29) is 6.79 Å². The van der Waals surface area contributed by atoms with E-state index in [9.17, 15) is 19.6 Å². The van der Waals surface area contributed by atoms with Crippen LogP contribution in [0.15, 0.2) is 60.7 Å². The van der Waals surface area contributed by atoms with Crippen molar-refractivity contribution in [3.05, 3.63) is 87.8 Å². The fraction of sp³-hybridized carbons (Fsp3) is 0.235. The van der Waals surface area contributed by atoms with Gasteiger partial charge in [0.1, 0.15) is 16.8 Å². The Bertz CT molecular complexity index is 2040. The summed E-state index contributed by atoms with van der Waals surface area (Å²) in [6, 6.07) is 19.4. The summed E-state index contributed by atoms with van der Waals surface area (Å²) in [7, 11) is 0. The Hall–Kier alpha value is -4.94. The fourth-order valence-corrected chi connectivity index (χ4v) is 8.99. The Kier molecular flexibility index (Phi) is 5.03. The van der Waals surface area contributed by atoms with Gasteiger partial charge in [-0.2, -0.15) is 5.26 Å². The average molecular weight is 587 g/mol. The zero-order valence-corrected chi connectivity index (χ0v) is 23.5. The van der Waals surface area contributed by atoms with Crippen LogP contribution in [0.5, 0.6) is 17.2 Å². The van der Waals surface area contributed by atoms with Gasteiger partial charge in [0.05, 0.1) is 23.3 Å². The first-order valence-corrected chi connectivity index (χ1v) is 15.1. The number of allylic oxidation sites excluding steroid dienone is 1. The molecule has 1 saturated heterocycles. The standard InChI is InChI=1S/C34H22N2O6S/c35-14-22-19-6-3-7-26(19)43-33(22)36-31(37)28-20(17-9-10-23-25(12-17)41-15-40-23)13-21-27-18-5-2-1-4-16(18)8-11-24(27)42-34(39)29(21)30(28)32(36)38/h1-2,4-5,8-13,20,28-30H,3,6-7,15H2/t20-,28-,29+,30-/m0/s1. The lowest BCUT2D eigenvalue weighted by molar-refractivity contribution is -0.142. The molecule has 9 heteroatoms. The quantitative estimate of drug-likeness (QED) is 0.173. The minimum Gasteiger partial charge on any atom is -0.454 e. The SMILES string of the molecule is N#Cc1c(N2C(=O)[C@@H]3[C@@H]4C(=O)Oc5ccc6ccccc6c5C4=C[C@@H](c4ccc5c(c4)OCO5)[C@@H]3C2=O)sc2c1CCC2. The normalized spacial score (nSPS) is 24.7. The van der Waals surface area contributed by atoms with Crippen LogP contribution >= 0.6 is 11.3 Å². The van der Waals surface area contributed by atoms with E-state index < -0.39 is 41.5 Å². The van der Waals surface area contributed by atoms with Crippen molar-refractivity contribution in [2.75, 3.05) is 11.7 Å². The third-order valence-corrected chi connectivity index (χ3v) is 10.8. The number of anilines is 1. The molecule has 4 atom stereocenters. The Balaban J connectivity index is 1.27. The van der Waals surface area contributed by atoms with E-state index in [1.165, 1.54) is 16.2 Å². The van der Waals surface area contributed by atoms with Gasteiger partial charge in [0.2, 0.25) is 18.6 Å². The second-order valence-electron chi connectivity index (χ2n) is 11.5. The summed E-state index contributed by atoms with van der Waals surface area (Å²) in [4.78, 5) is 45.0. The van der Waals surface area contributed by atoms with E-state index in [1.807, 2.05) is 54.6 Å². The molecule has 2 aliphatic carbocycles. The zero-order valence-electron chi connectivity index (χ0n) is 22.7. The van der Waals surface area contributed by atoms with Crippen LogP contribution in [0.2, 0.25) is 0 Å². The summed E-state index contributed by atoms with van der Waals surface area (Å²) in [5.74, 6) is -3.17. The van der Waals surface area contributed by atoms with Crippen LogP contribution in [0.25, 0.3) is 16.3 Å². The number of hydrogen-bond donors (Lipinski definition) is 0. The Labute approximate surface area is 249 Å². The third kappa shape index (κ3) is 3.27. The maximum Gasteiger partial charge on any atom is 0.319 e. The monoisotopic (exact) mass is 586 g/mol. The van der Waals surface area contributed by atoms with Crippen LogP contribution in [0.1, 0.15) is 39.5 Å². The van der Waals surface area contributed by atoms with Crippen molar-refractivity contribution >= 4 is 50.5 Å². The van der Waals surface area contributed by atoms with Gasteiger partial charge in [0.15, 0.2) is 11.5 Å². The molecule has 9 rings (SSSR count). The number of thiophene rings is 1. The number of nitriles is 1. The molecule has 0 bridgehead atoms. The number of amides is 2. The van der Waals surface area contributed by atoms with Gasteiger partial charge in [-0.1, -0.05) is 42.5 Å². The second-order valence-corrected chi connectivity index (χ2v) is 12.6. The molecule has 0 saturated carbocycles. The molecule has 3 aliphatic heterocycles. The topological polar surface area (TPSA) is 106 Å². The number of imide groups is 1. The molecular weight excluding hydrogens is 564 g/mol. The summed E-state index contributed by atoms with van der Waals surface area (Å²) in [5, 5.41) is 12.4. The van der Waals surface area contributed by atoms with E-state index in [0.717, 1.165) is 51.6 Å². The van der Waals surface area contributed by atoms with Gasteiger partial charge in [-0.05, 0) is 64.9 Å². The number of aryl methyl sites for hydroxylation is 1. The lowest BCUT2D eigenvalue weighted by atomic mass is 9.64. The van der Waals surface area contributed by atoms with Crippen molar-refractivity contribution in [2.45, 2.75) is 25.2 Å². The number of hydrogen-bond acceptors (Lipinski definition) is 8. The summed E-state index contributed by atoms with van der Waals surface area (Å²) >= 11 is 1.35. The third-order valence-electron chi connectivity index (χ3n) is 9.48. The van der Waals surface area contributed by atoms with E-state index >= 15 is 0 Å². The molecule has 1 fully saturated rings. The summed E-state index contributed by atoms with van der Waals surface area (Å²) < 4.78 is 17.1. The van der Waals surface area contributed by atoms with Gasteiger partial charge >= 0.3 is 5.97 Å². The van der Waals surface area contributed by atoms with Gasteiger partial charge in [0, 0.05) is 16.4 Å². The highest BCUT2D eigenvalue weighted by Gasteiger charge is 2.61. The number of ether oxygens (including phenoxy) is 3. The Morgan fingerprint density at radius 2 is 1.72 bits per heavy atom. The van der Waals surface area contributed by atoms with Gasteiger partial charge < -0.3 is 14.2 Å². The smallest absolute Gasteiger partial charge is 0.319 e. The zero-order chi connectivity index (χ0) is 29.0. The van der Waals surface area contributed by atoms with Crippen LogP contribution in [0, 0.1) is 29.1 Å². The summed E-state index contributed by atoms with van der Waals surface area (Å²) in [6.45, 7) is 0.106. The maximum absolute atomic E-state index is 14.5. The van der Waals surface area contributed by atoms with Crippen molar-refractivity contribution < 1.29 is 28.6 Å². The van der Waals surface area contributed by atoms with Gasteiger partial charge in [0.25, 0.3) is 0 Å². The first-order valence-electron chi connectivity index (χ1n) is 14.3. The van der Waals surface area contributed by atoms with Crippen molar-refractivity contribution in [1.82, 2.24) is 0 Å². The minimum absolute atomic E-state index is 0.106. The van der Waals surface area contributed by atoms with Crippen LogP contribution in [-0.4, -0.2) is 24.6 Å². The molecule has 2 amide bonds. The van der Waals surface area contributed by atoms with Crippen LogP contribution < -0.4 is 19.1 Å². The summed E-state index contributed by atoms with van der Waals surface area (Å²) in [5.41, 5.74) is 3.56. The number of carbonyl (C=O) groups is 3. The highest BCUT2D eigenvalue weighted by Crippen LogP contribution is 2.57. The largest absolute Gasteiger partial charge is 0.454 e. The second kappa shape index (κ2) is 8.79. The number of benzene rings is 3. The van der Waals surface area contributed by atoms with Gasteiger partial charge in [-0.15, -0.1) is 11.3 Å². The number of fused-ring (bicyclic) bond motifs is 9. The minimum atomic E-state index is -0.994. The lowest BCUT2D eigenvalue weighted by Gasteiger charge is -2.38. The fourth-order valence-electron chi connectivity index (χ4n) is 7.64. The first kappa shape index (κ1) is 24.6. The highest BCUT2D eigenvalue weighted by molar-refractivity contribution is 7.17. The Morgan fingerprint density at radius 3 is 2.60 bits per heavy atom. The number of esters is 1. The molecule has 3 aromatic carbocycles. The van der Waals surface area contributed by atoms with Crippen molar-refractivity contribution in [1.29, 1.82) is 5.26 Å². The van der Waals surface area contributed by atoms with E-state index in [4.69, 9.17) is 14.2 Å². The molecule has 8 nitrogen and oxygen atoms in total. The highest BCUT2D eigenvalue weighted by atomic mass is 32.1. The lowest BCUT2D eigenvalue weighted by Crippen LogP contribution is -2.42. The molecule has 4 aromatic rings. The average Bonchev–Trinajstić information content (AvgIpc) is 3.79. The van der Waals surface area contributed by atoms with Crippen LogP contribution in [0.3, 0.4) is 0 Å². The van der Waals surface area contributed by atoms with Gasteiger partial charge in [-0.25, -0.2) is 4.90 Å². The number of nitrogens with zero attached hydrogens (tertiary/aromatic N) is 2. The molecule has 210 valence electrons.